The summed E-state index contributed by atoms with van der Waals surface area (Å²) in [6.45, 7) is 6.96. The Kier molecular flexibility index (Phi) is 13.3. The highest BCUT2D eigenvalue weighted by Gasteiger charge is 2.21. The normalized spacial score (nSPS) is 11.1. The SMILES string of the molecule is Cc1cc(-c2ccccc2NCCCCNc2ccccc2-c2cc(C)cc(-c3cccc4ccccc34)c2OCc2ccccc2)c(OCc2ccccc2)c(-c2cccc3ccccc23)c1. The van der Waals surface area contributed by atoms with Gasteiger partial charge in [-0.2, -0.15) is 0 Å². The zero-order chi connectivity index (χ0) is 46.1. The van der Waals surface area contributed by atoms with Crippen molar-refractivity contribution in [1.82, 2.24) is 0 Å². The van der Waals surface area contributed by atoms with Crippen molar-refractivity contribution in [3.05, 3.63) is 241 Å². The second-order valence-electron chi connectivity index (χ2n) is 17.6. The molecule has 0 aromatic heterocycles. The minimum absolute atomic E-state index is 0.470. The van der Waals surface area contributed by atoms with Crippen molar-refractivity contribution >= 4 is 32.9 Å². The smallest absolute Gasteiger partial charge is 0.135 e. The Morgan fingerprint density at radius 2 is 0.662 bits per heavy atom. The molecule has 10 rings (SSSR count). The van der Waals surface area contributed by atoms with E-state index in [1.807, 2.05) is 12.1 Å². The summed E-state index contributed by atoms with van der Waals surface area (Å²) in [7, 11) is 0. The van der Waals surface area contributed by atoms with Crippen LogP contribution in [0.15, 0.2) is 218 Å². The maximum Gasteiger partial charge on any atom is 0.135 e. The van der Waals surface area contributed by atoms with Gasteiger partial charge in [-0.25, -0.2) is 0 Å². The van der Waals surface area contributed by atoms with Crippen LogP contribution < -0.4 is 20.1 Å². The molecular weight excluding hydrogens is 829 g/mol. The molecule has 0 unspecified atom stereocenters. The van der Waals surface area contributed by atoms with Crippen LogP contribution in [-0.4, -0.2) is 13.1 Å². The predicted octanol–water partition coefficient (Wildman–Crippen LogP) is 16.7. The Morgan fingerprint density at radius 1 is 0.324 bits per heavy atom. The summed E-state index contributed by atoms with van der Waals surface area (Å²) in [5.41, 5.74) is 15.7. The highest BCUT2D eigenvalue weighted by atomic mass is 16.5. The van der Waals surface area contributed by atoms with E-state index in [0.717, 1.165) is 93.3 Å². The summed E-state index contributed by atoms with van der Waals surface area (Å²) < 4.78 is 13.8. The fraction of sp³-hybridized carbons (Fsp3) is 0.125. The summed E-state index contributed by atoms with van der Waals surface area (Å²) in [5, 5.41) is 12.5. The molecule has 0 amide bonds. The summed E-state index contributed by atoms with van der Waals surface area (Å²) >= 11 is 0. The van der Waals surface area contributed by atoms with E-state index in [1.54, 1.807) is 0 Å². The molecule has 0 aliphatic rings. The van der Waals surface area contributed by atoms with Crippen molar-refractivity contribution in [2.75, 3.05) is 23.7 Å². The molecule has 10 aromatic rings. The summed E-state index contributed by atoms with van der Waals surface area (Å²) in [6.07, 6.45) is 1.97. The first-order valence-corrected chi connectivity index (χ1v) is 23.8. The van der Waals surface area contributed by atoms with Crippen LogP contribution in [0, 0.1) is 13.8 Å². The number of fused-ring (bicyclic) bond motifs is 2. The predicted molar refractivity (Wildman–Crippen MR) is 287 cm³/mol. The molecular formula is C64H56N2O2. The fourth-order valence-electron chi connectivity index (χ4n) is 9.48. The second kappa shape index (κ2) is 20.6. The largest absolute Gasteiger partial charge is 0.488 e. The van der Waals surface area contributed by atoms with Gasteiger partial charge in [-0.05, 0) is 118 Å². The van der Waals surface area contributed by atoms with Gasteiger partial charge >= 0.3 is 0 Å². The number of benzene rings is 10. The number of rotatable bonds is 17. The summed E-state index contributed by atoms with van der Waals surface area (Å²) in [6, 6.07) is 77.6. The quantitative estimate of drug-likeness (QED) is 0.0894. The molecule has 0 radical (unpaired) electrons. The molecule has 0 saturated heterocycles. The van der Waals surface area contributed by atoms with Gasteiger partial charge in [-0.1, -0.05) is 182 Å². The van der Waals surface area contributed by atoms with Crippen LogP contribution in [0.4, 0.5) is 11.4 Å². The number of anilines is 2. The average Bonchev–Trinajstić information content (AvgIpc) is 3.39. The highest BCUT2D eigenvalue weighted by Crippen LogP contribution is 2.46. The molecule has 0 aliphatic carbocycles. The Morgan fingerprint density at radius 3 is 1.10 bits per heavy atom. The zero-order valence-corrected chi connectivity index (χ0v) is 38.8. The minimum Gasteiger partial charge on any atom is -0.488 e. The van der Waals surface area contributed by atoms with Gasteiger partial charge in [0.25, 0.3) is 0 Å². The van der Waals surface area contributed by atoms with Crippen molar-refractivity contribution in [3.8, 4) is 56.0 Å². The topological polar surface area (TPSA) is 42.5 Å². The lowest BCUT2D eigenvalue weighted by Gasteiger charge is -2.21. The van der Waals surface area contributed by atoms with Crippen LogP contribution in [0.5, 0.6) is 11.5 Å². The van der Waals surface area contributed by atoms with Gasteiger partial charge < -0.3 is 20.1 Å². The summed E-state index contributed by atoms with van der Waals surface area (Å²) in [4.78, 5) is 0. The third-order valence-electron chi connectivity index (χ3n) is 12.7. The lowest BCUT2D eigenvalue weighted by molar-refractivity contribution is 0.309. The molecule has 4 nitrogen and oxygen atoms in total. The average molecular weight is 885 g/mol. The number of nitrogens with one attached hydrogen (secondary N) is 2. The van der Waals surface area contributed by atoms with E-state index in [2.05, 4.69) is 231 Å². The van der Waals surface area contributed by atoms with Gasteiger partial charge in [0.05, 0.1) is 0 Å². The maximum absolute atomic E-state index is 6.91. The van der Waals surface area contributed by atoms with Gasteiger partial charge in [-0.3, -0.25) is 0 Å². The van der Waals surface area contributed by atoms with Gasteiger partial charge in [-0.15, -0.1) is 0 Å². The van der Waals surface area contributed by atoms with Crippen molar-refractivity contribution < 1.29 is 9.47 Å². The molecule has 0 atom stereocenters. The van der Waals surface area contributed by atoms with Crippen LogP contribution in [0.1, 0.15) is 35.1 Å². The Balaban J connectivity index is 0.890. The van der Waals surface area contributed by atoms with Crippen LogP contribution in [0.2, 0.25) is 0 Å². The van der Waals surface area contributed by atoms with E-state index in [4.69, 9.17) is 9.47 Å². The number of hydrogen-bond donors (Lipinski definition) is 2. The van der Waals surface area contributed by atoms with Crippen LogP contribution in [-0.2, 0) is 13.2 Å². The molecule has 0 saturated carbocycles. The highest BCUT2D eigenvalue weighted by molar-refractivity contribution is 6.02. The first-order valence-electron chi connectivity index (χ1n) is 23.8. The van der Waals surface area contributed by atoms with Gasteiger partial charge in [0.2, 0.25) is 0 Å². The third-order valence-corrected chi connectivity index (χ3v) is 12.7. The van der Waals surface area contributed by atoms with E-state index in [1.165, 1.54) is 43.8 Å². The number of unbranched alkanes of at least 4 members (excludes halogenated alkanes) is 1. The van der Waals surface area contributed by atoms with Gasteiger partial charge in [0, 0.05) is 57.8 Å². The Hall–Kier alpha value is -8.08. The van der Waals surface area contributed by atoms with E-state index in [-0.39, 0.29) is 0 Å². The van der Waals surface area contributed by atoms with E-state index in [9.17, 15) is 0 Å². The lowest BCUT2D eigenvalue weighted by atomic mass is 9.91. The Labute approximate surface area is 400 Å². The number of hydrogen-bond acceptors (Lipinski definition) is 4. The molecule has 0 spiro atoms. The Bertz CT molecular complexity index is 3090. The fourth-order valence-corrected chi connectivity index (χ4v) is 9.48. The van der Waals surface area contributed by atoms with Crippen molar-refractivity contribution in [2.24, 2.45) is 0 Å². The zero-order valence-electron chi connectivity index (χ0n) is 38.8. The standard InChI is InChI=1S/C64H56N2O2/c1-45-39-57(53-33-19-27-49-25-9-11-29-51(49)53)63(67-43-47-21-5-3-6-22-47)59(41-45)55-31-13-15-35-61(55)65-37-17-18-38-66-62-36-16-14-32-56(62)60-42-46(2)40-58(64(60)68-44-48-23-7-4-8-24-48)54-34-20-28-50-26-10-12-30-52(50)54/h3-16,19-36,39-42,65-66H,17-18,37-38,43-44H2,1-2H3. The number of ether oxygens (including phenoxy) is 2. The maximum atomic E-state index is 6.91. The van der Waals surface area contributed by atoms with Crippen molar-refractivity contribution in [3.63, 3.8) is 0 Å². The van der Waals surface area contributed by atoms with Crippen molar-refractivity contribution in [2.45, 2.75) is 39.9 Å². The third kappa shape index (κ3) is 9.72. The van der Waals surface area contributed by atoms with Crippen LogP contribution in [0.3, 0.4) is 0 Å². The van der Waals surface area contributed by atoms with E-state index in [0.29, 0.717) is 13.2 Å². The first kappa shape index (κ1) is 43.8. The monoisotopic (exact) mass is 884 g/mol. The van der Waals surface area contributed by atoms with Crippen LogP contribution in [0.25, 0.3) is 66.1 Å². The molecule has 0 aliphatic heterocycles. The first-order chi connectivity index (χ1) is 33.6. The number of para-hydroxylation sites is 2. The molecule has 4 heteroatoms. The molecule has 68 heavy (non-hydrogen) atoms. The number of aryl methyl sites for hydroxylation is 2. The van der Waals surface area contributed by atoms with E-state index >= 15 is 0 Å². The molecule has 0 fully saturated rings. The molecule has 10 aromatic carbocycles. The lowest BCUT2D eigenvalue weighted by Crippen LogP contribution is -2.08. The molecule has 2 N–H and O–H groups in total. The van der Waals surface area contributed by atoms with E-state index < -0.39 is 0 Å². The second-order valence-corrected chi connectivity index (χ2v) is 17.6. The molecule has 0 bridgehead atoms. The molecule has 334 valence electrons. The minimum atomic E-state index is 0.470. The van der Waals surface area contributed by atoms with Gasteiger partial charge in [0.15, 0.2) is 0 Å². The molecule has 0 heterocycles. The van der Waals surface area contributed by atoms with Crippen LogP contribution >= 0.6 is 0 Å². The van der Waals surface area contributed by atoms with Crippen molar-refractivity contribution in [1.29, 1.82) is 0 Å². The summed E-state index contributed by atoms with van der Waals surface area (Å²) in [5.74, 6) is 1.78. The van der Waals surface area contributed by atoms with Gasteiger partial charge in [0.1, 0.15) is 24.7 Å².